The van der Waals surface area contributed by atoms with Gasteiger partial charge < -0.3 is 5.11 Å². The molecule has 1 N–H and O–H groups in total. The van der Waals surface area contributed by atoms with Crippen molar-refractivity contribution in [3.05, 3.63) is 35.9 Å². The number of benzene rings is 1. The van der Waals surface area contributed by atoms with Gasteiger partial charge in [0.1, 0.15) is 0 Å². The highest BCUT2D eigenvalue weighted by Crippen LogP contribution is 2.37. The molecule has 1 saturated carbocycles. The van der Waals surface area contributed by atoms with Crippen LogP contribution in [0.25, 0.3) is 0 Å². The van der Waals surface area contributed by atoms with Gasteiger partial charge in [0.2, 0.25) is 0 Å². The maximum atomic E-state index is 9.52. The van der Waals surface area contributed by atoms with Gasteiger partial charge in [-0.2, -0.15) is 0 Å². The topological polar surface area (TPSA) is 20.2 Å². The number of aliphatic hydroxyl groups is 1. The van der Waals surface area contributed by atoms with Crippen LogP contribution in [-0.2, 0) is 6.42 Å². The number of rotatable bonds is 2. The zero-order valence-electron chi connectivity index (χ0n) is 8.16. The third kappa shape index (κ3) is 2.61. The van der Waals surface area contributed by atoms with Gasteiger partial charge in [-0.05, 0) is 18.4 Å². The van der Waals surface area contributed by atoms with E-state index in [-0.39, 0.29) is 0 Å². The summed E-state index contributed by atoms with van der Waals surface area (Å²) in [5.41, 5.74) is 0.812. The first-order valence-electron chi connectivity index (χ1n) is 5.01. The smallest absolute Gasteiger partial charge is 0.0758 e. The van der Waals surface area contributed by atoms with E-state index in [1.54, 1.807) is 0 Å². The summed E-state index contributed by atoms with van der Waals surface area (Å²) >= 11 is 0. The summed E-state index contributed by atoms with van der Waals surface area (Å²) in [5.74, 6) is 6.12. The molecule has 0 atom stereocenters. The molecular weight excluding hydrogens is 172 g/mol. The predicted molar refractivity (Wildman–Crippen MR) is 56.7 cm³/mol. The molecular formula is C13H14O. The summed E-state index contributed by atoms with van der Waals surface area (Å²) in [6.45, 7) is 0. The average molecular weight is 186 g/mol. The summed E-state index contributed by atoms with van der Waals surface area (Å²) in [7, 11) is 0. The molecule has 2 rings (SSSR count). The molecule has 0 bridgehead atoms. The van der Waals surface area contributed by atoms with Crippen molar-refractivity contribution in [3.8, 4) is 11.8 Å². The lowest BCUT2D eigenvalue weighted by atomic mass is 10.1. The Kier molecular flexibility index (Phi) is 2.56. The molecule has 1 aliphatic rings. The lowest BCUT2D eigenvalue weighted by Gasteiger charge is -1.98. The van der Waals surface area contributed by atoms with Gasteiger partial charge >= 0.3 is 0 Å². The van der Waals surface area contributed by atoms with Crippen molar-refractivity contribution in [1.82, 2.24) is 0 Å². The Hall–Kier alpha value is -1.26. The monoisotopic (exact) mass is 186 g/mol. The highest BCUT2D eigenvalue weighted by Gasteiger charge is 2.39. The normalized spacial score (nSPS) is 16.9. The molecule has 0 aliphatic heterocycles. The zero-order valence-corrected chi connectivity index (χ0v) is 8.16. The van der Waals surface area contributed by atoms with Crippen LogP contribution in [0.5, 0.6) is 0 Å². The second-order valence-corrected chi connectivity index (χ2v) is 3.92. The second kappa shape index (κ2) is 3.86. The van der Waals surface area contributed by atoms with Gasteiger partial charge in [0.25, 0.3) is 0 Å². The van der Waals surface area contributed by atoms with Crippen LogP contribution in [0.2, 0.25) is 0 Å². The average Bonchev–Trinajstić information content (AvgIpc) is 2.94. The molecule has 0 unspecified atom stereocenters. The summed E-state index contributed by atoms with van der Waals surface area (Å²) in [6.07, 6.45) is 3.27. The van der Waals surface area contributed by atoms with Gasteiger partial charge in [-0.25, -0.2) is 0 Å². The second-order valence-electron chi connectivity index (χ2n) is 3.92. The molecule has 0 aromatic heterocycles. The van der Waals surface area contributed by atoms with Crippen LogP contribution in [0, 0.1) is 11.8 Å². The van der Waals surface area contributed by atoms with Crippen LogP contribution in [0.3, 0.4) is 0 Å². The molecule has 0 saturated heterocycles. The molecule has 1 aromatic carbocycles. The Labute approximate surface area is 84.8 Å². The number of hydrogen-bond donors (Lipinski definition) is 1. The number of hydrogen-bond acceptors (Lipinski definition) is 1. The maximum absolute atomic E-state index is 9.52. The van der Waals surface area contributed by atoms with E-state index in [0.717, 1.165) is 19.3 Å². The van der Waals surface area contributed by atoms with Crippen molar-refractivity contribution in [2.75, 3.05) is 0 Å². The van der Waals surface area contributed by atoms with Crippen LogP contribution in [-0.4, -0.2) is 10.7 Å². The van der Waals surface area contributed by atoms with Gasteiger partial charge in [0.05, 0.1) is 5.60 Å². The van der Waals surface area contributed by atoms with E-state index < -0.39 is 5.60 Å². The third-order valence-electron chi connectivity index (χ3n) is 2.50. The Bertz CT molecular complexity index is 352. The van der Waals surface area contributed by atoms with E-state index >= 15 is 0 Å². The SMILES string of the molecule is OC1(CC#CCc2ccccc2)CC1. The first-order chi connectivity index (χ1) is 6.79. The molecule has 1 aliphatic carbocycles. The fourth-order valence-electron chi connectivity index (χ4n) is 1.31. The molecule has 1 fully saturated rings. The minimum Gasteiger partial charge on any atom is -0.389 e. The van der Waals surface area contributed by atoms with Crippen molar-refractivity contribution in [2.24, 2.45) is 0 Å². The molecule has 0 radical (unpaired) electrons. The van der Waals surface area contributed by atoms with Crippen molar-refractivity contribution >= 4 is 0 Å². The summed E-state index contributed by atoms with van der Waals surface area (Å²) < 4.78 is 0. The molecule has 1 nitrogen and oxygen atoms in total. The fourth-order valence-corrected chi connectivity index (χ4v) is 1.31. The zero-order chi connectivity index (χ0) is 9.86. The fraction of sp³-hybridized carbons (Fsp3) is 0.385. The van der Waals surface area contributed by atoms with E-state index in [9.17, 15) is 5.11 Å². The third-order valence-corrected chi connectivity index (χ3v) is 2.50. The first kappa shape index (κ1) is 9.30. The Balaban J connectivity index is 1.82. The van der Waals surface area contributed by atoms with Crippen molar-refractivity contribution in [1.29, 1.82) is 0 Å². The quantitative estimate of drug-likeness (QED) is 0.702. The first-order valence-corrected chi connectivity index (χ1v) is 5.01. The van der Waals surface area contributed by atoms with E-state index in [1.165, 1.54) is 5.56 Å². The van der Waals surface area contributed by atoms with Crippen LogP contribution in [0.1, 0.15) is 24.8 Å². The molecule has 0 spiro atoms. The molecule has 0 heterocycles. The molecule has 1 heteroatoms. The lowest BCUT2D eigenvalue weighted by molar-refractivity contribution is 0.156. The highest BCUT2D eigenvalue weighted by atomic mass is 16.3. The van der Waals surface area contributed by atoms with Crippen molar-refractivity contribution < 1.29 is 5.11 Å². The minimum absolute atomic E-state index is 0.427. The van der Waals surface area contributed by atoms with Crippen molar-refractivity contribution in [2.45, 2.75) is 31.3 Å². The molecule has 72 valence electrons. The van der Waals surface area contributed by atoms with E-state index in [0.29, 0.717) is 6.42 Å². The van der Waals surface area contributed by atoms with Gasteiger partial charge in [-0.3, -0.25) is 0 Å². The van der Waals surface area contributed by atoms with E-state index in [4.69, 9.17) is 0 Å². The van der Waals surface area contributed by atoms with Crippen LogP contribution < -0.4 is 0 Å². The van der Waals surface area contributed by atoms with Gasteiger partial charge in [0, 0.05) is 12.8 Å². The summed E-state index contributed by atoms with van der Waals surface area (Å²) in [6, 6.07) is 10.2. The summed E-state index contributed by atoms with van der Waals surface area (Å²) in [4.78, 5) is 0. The van der Waals surface area contributed by atoms with E-state index in [2.05, 4.69) is 24.0 Å². The van der Waals surface area contributed by atoms with E-state index in [1.807, 2.05) is 18.2 Å². The van der Waals surface area contributed by atoms with Crippen LogP contribution >= 0.6 is 0 Å². The largest absolute Gasteiger partial charge is 0.389 e. The van der Waals surface area contributed by atoms with Crippen LogP contribution in [0.15, 0.2) is 30.3 Å². The Morgan fingerprint density at radius 1 is 1.14 bits per heavy atom. The molecule has 1 aromatic rings. The van der Waals surface area contributed by atoms with Crippen molar-refractivity contribution in [3.63, 3.8) is 0 Å². The Morgan fingerprint density at radius 2 is 1.86 bits per heavy atom. The highest BCUT2D eigenvalue weighted by molar-refractivity contribution is 5.21. The molecule has 14 heavy (non-hydrogen) atoms. The lowest BCUT2D eigenvalue weighted by Crippen LogP contribution is -2.03. The van der Waals surface area contributed by atoms with Gasteiger partial charge in [0.15, 0.2) is 0 Å². The van der Waals surface area contributed by atoms with Crippen LogP contribution in [0.4, 0.5) is 0 Å². The predicted octanol–water partition coefficient (Wildman–Crippen LogP) is 2.15. The minimum atomic E-state index is -0.427. The summed E-state index contributed by atoms with van der Waals surface area (Å²) in [5, 5.41) is 9.52. The Morgan fingerprint density at radius 3 is 2.50 bits per heavy atom. The molecule has 0 amide bonds. The van der Waals surface area contributed by atoms with Gasteiger partial charge in [-0.15, -0.1) is 0 Å². The standard InChI is InChI=1S/C13H14O/c14-13(10-11-13)9-5-4-8-12-6-2-1-3-7-12/h1-3,6-7,14H,8-11H2. The van der Waals surface area contributed by atoms with Gasteiger partial charge in [-0.1, -0.05) is 42.2 Å². The maximum Gasteiger partial charge on any atom is 0.0758 e.